The standard InChI is InChI=1S/C25H31NO6S/c1-16-14-18(17-10-12-26(13-11-17)33(29,30)24(2,3)23(27)28)6-8-20(16)19-7-9-21-22(15-19)32-25(4,5)31-21/h6-9,14-15,17H,10-13H2,1-5H3,(H,27,28). The maximum Gasteiger partial charge on any atom is 0.325 e. The molecule has 0 amide bonds. The Labute approximate surface area is 195 Å². The first-order chi connectivity index (χ1) is 15.3. The van der Waals surface area contributed by atoms with Gasteiger partial charge in [0.25, 0.3) is 0 Å². The molecule has 2 aliphatic rings. The predicted molar refractivity (Wildman–Crippen MR) is 126 cm³/mol. The molecule has 2 aromatic rings. The molecule has 0 saturated carbocycles. The van der Waals surface area contributed by atoms with Crippen molar-refractivity contribution in [3.05, 3.63) is 47.5 Å². The first-order valence-electron chi connectivity index (χ1n) is 11.2. The van der Waals surface area contributed by atoms with Crippen molar-refractivity contribution < 1.29 is 27.8 Å². The van der Waals surface area contributed by atoms with Crippen LogP contribution in [0.2, 0.25) is 0 Å². The summed E-state index contributed by atoms with van der Waals surface area (Å²) in [6.45, 7) is 8.97. The van der Waals surface area contributed by atoms with E-state index in [9.17, 15) is 18.3 Å². The number of aliphatic carboxylic acids is 1. The van der Waals surface area contributed by atoms with E-state index in [0.29, 0.717) is 25.9 Å². The van der Waals surface area contributed by atoms with Gasteiger partial charge in [0.1, 0.15) is 0 Å². The number of benzene rings is 2. The van der Waals surface area contributed by atoms with E-state index in [1.165, 1.54) is 23.7 Å². The number of hydrogen-bond acceptors (Lipinski definition) is 5. The second-order valence-electron chi connectivity index (χ2n) is 9.83. The normalized spacial score (nSPS) is 18.9. The van der Waals surface area contributed by atoms with E-state index in [0.717, 1.165) is 28.2 Å². The van der Waals surface area contributed by atoms with Gasteiger partial charge in [0, 0.05) is 26.9 Å². The number of rotatable bonds is 5. The number of aryl methyl sites for hydroxylation is 1. The third-order valence-corrected chi connectivity index (χ3v) is 9.15. The highest BCUT2D eigenvalue weighted by atomic mass is 32.2. The second kappa shape index (κ2) is 8.02. The SMILES string of the molecule is Cc1cc(C2CCN(S(=O)(=O)C(C)(C)C(=O)O)CC2)ccc1-c1ccc2c(c1)OC(C)(C)O2. The lowest BCUT2D eigenvalue weighted by atomic mass is 9.87. The number of piperidine rings is 1. The van der Waals surface area contributed by atoms with Crippen molar-refractivity contribution in [1.82, 2.24) is 4.31 Å². The minimum atomic E-state index is -3.92. The molecule has 0 aliphatic carbocycles. The molecule has 0 bridgehead atoms. The van der Waals surface area contributed by atoms with Crippen LogP contribution in [-0.2, 0) is 14.8 Å². The van der Waals surface area contributed by atoms with Crippen molar-refractivity contribution in [2.24, 2.45) is 0 Å². The first kappa shape index (κ1) is 23.6. The van der Waals surface area contributed by atoms with E-state index in [1.807, 2.05) is 32.0 Å². The maximum absolute atomic E-state index is 12.8. The number of carboxylic acids is 1. The Bertz CT molecular complexity index is 1190. The van der Waals surface area contributed by atoms with Crippen LogP contribution in [0.4, 0.5) is 0 Å². The van der Waals surface area contributed by atoms with Crippen LogP contribution in [0, 0.1) is 6.92 Å². The molecular formula is C25H31NO6S. The highest BCUT2D eigenvalue weighted by molar-refractivity contribution is 7.91. The fraction of sp³-hybridized carbons (Fsp3) is 0.480. The van der Waals surface area contributed by atoms with Gasteiger partial charge in [-0.1, -0.05) is 24.3 Å². The minimum Gasteiger partial charge on any atom is -0.480 e. The molecule has 4 rings (SSSR count). The van der Waals surface area contributed by atoms with Crippen LogP contribution >= 0.6 is 0 Å². The average Bonchev–Trinajstić information content (AvgIpc) is 3.06. The van der Waals surface area contributed by atoms with Gasteiger partial charge in [0.2, 0.25) is 15.8 Å². The summed E-state index contributed by atoms with van der Waals surface area (Å²) in [5.41, 5.74) is 4.47. The summed E-state index contributed by atoms with van der Waals surface area (Å²) < 4.78 is 36.7. The third kappa shape index (κ3) is 4.22. The number of hydrogen-bond donors (Lipinski definition) is 1. The van der Waals surface area contributed by atoms with E-state index in [4.69, 9.17) is 9.47 Å². The topological polar surface area (TPSA) is 93.1 Å². The summed E-state index contributed by atoms with van der Waals surface area (Å²) in [5, 5.41) is 9.34. The summed E-state index contributed by atoms with van der Waals surface area (Å²) in [7, 11) is -3.92. The van der Waals surface area contributed by atoms with Gasteiger partial charge in [0.15, 0.2) is 16.2 Å². The molecule has 0 aromatic heterocycles. The van der Waals surface area contributed by atoms with Gasteiger partial charge in [-0.3, -0.25) is 4.79 Å². The van der Waals surface area contributed by atoms with Crippen LogP contribution in [0.25, 0.3) is 11.1 Å². The van der Waals surface area contributed by atoms with Crippen molar-refractivity contribution in [1.29, 1.82) is 0 Å². The molecule has 178 valence electrons. The van der Waals surface area contributed by atoms with Crippen LogP contribution in [0.5, 0.6) is 11.5 Å². The third-order valence-electron chi connectivity index (χ3n) is 6.64. The highest BCUT2D eigenvalue weighted by Gasteiger charge is 2.46. The largest absolute Gasteiger partial charge is 0.480 e. The second-order valence-corrected chi connectivity index (χ2v) is 12.3. The Kier molecular flexibility index (Phi) is 5.73. The summed E-state index contributed by atoms with van der Waals surface area (Å²) in [4.78, 5) is 11.5. The predicted octanol–water partition coefficient (Wildman–Crippen LogP) is 4.54. The fourth-order valence-electron chi connectivity index (χ4n) is 4.52. The smallest absolute Gasteiger partial charge is 0.325 e. The van der Waals surface area contributed by atoms with Gasteiger partial charge in [-0.05, 0) is 73.9 Å². The van der Waals surface area contributed by atoms with Gasteiger partial charge in [0.05, 0.1) is 0 Å². The Balaban J connectivity index is 1.49. The fourth-order valence-corrected chi connectivity index (χ4v) is 6.08. The molecule has 33 heavy (non-hydrogen) atoms. The number of nitrogens with zero attached hydrogens (tertiary/aromatic N) is 1. The molecule has 2 aromatic carbocycles. The lowest BCUT2D eigenvalue weighted by Gasteiger charge is -2.35. The van der Waals surface area contributed by atoms with Gasteiger partial charge >= 0.3 is 5.97 Å². The van der Waals surface area contributed by atoms with Crippen LogP contribution in [0.15, 0.2) is 36.4 Å². The monoisotopic (exact) mass is 473 g/mol. The zero-order valence-electron chi connectivity index (χ0n) is 19.7. The minimum absolute atomic E-state index is 0.231. The number of carboxylic acid groups (broad SMARTS) is 1. The lowest BCUT2D eigenvalue weighted by molar-refractivity contribution is -0.139. The molecule has 0 atom stereocenters. The molecule has 0 radical (unpaired) electrons. The summed E-state index contributed by atoms with van der Waals surface area (Å²) in [6, 6.07) is 12.3. The summed E-state index contributed by atoms with van der Waals surface area (Å²) in [5.74, 6) is -0.288. The Morgan fingerprint density at radius 1 is 1.06 bits per heavy atom. The highest BCUT2D eigenvalue weighted by Crippen LogP contribution is 2.42. The average molecular weight is 474 g/mol. The van der Waals surface area contributed by atoms with Crippen LogP contribution < -0.4 is 9.47 Å². The number of ether oxygens (including phenoxy) is 2. The van der Waals surface area contributed by atoms with Crippen LogP contribution in [-0.4, -0.2) is 47.4 Å². The van der Waals surface area contributed by atoms with E-state index in [-0.39, 0.29) is 5.92 Å². The maximum atomic E-state index is 12.8. The van der Waals surface area contributed by atoms with Crippen molar-refractivity contribution in [2.75, 3.05) is 13.1 Å². The Morgan fingerprint density at radius 3 is 2.30 bits per heavy atom. The van der Waals surface area contributed by atoms with E-state index >= 15 is 0 Å². The zero-order valence-corrected chi connectivity index (χ0v) is 20.5. The van der Waals surface area contributed by atoms with E-state index in [1.54, 1.807) is 0 Å². The van der Waals surface area contributed by atoms with Crippen LogP contribution in [0.3, 0.4) is 0 Å². The molecule has 2 heterocycles. The van der Waals surface area contributed by atoms with Gasteiger partial charge in [-0.25, -0.2) is 12.7 Å². The summed E-state index contributed by atoms with van der Waals surface area (Å²) in [6.07, 6.45) is 1.32. The van der Waals surface area contributed by atoms with Gasteiger partial charge in [-0.15, -0.1) is 0 Å². The molecule has 1 N–H and O–H groups in total. The van der Waals surface area contributed by atoms with Crippen molar-refractivity contribution in [2.45, 2.75) is 63.9 Å². The summed E-state index contributed by atoms with van der Waals surface area (Å²) >= 11 is 0. The van der Waals surface area contributed by atoms with Crippen LogP contribution in [0.1, 0.15) is 57.6 Å². The van der Waals surface area contributed by atoms with Crippen molar-refractivity contribution in [3.8, 4) is 22.6 Å². The van der Waals surface area contributed by atoms with Crippen molar-refractivity contribution >= 4 is 16.0 Å². The molecule has 2 aliphatic heterocycles. The number of carbonyl (C=O) groups is 1. The Hall–Kier alpha value is -2.58. The molecule has 7 nitrogen and oxygen atoms in total. The molecule has 1 fully saturated rings. The molecule has 0 spiro atoms. The molecular weight excluding hydrogens is 442 g/mol. The Morgan fingerprint density at radius 2 is 1.70 bits per heavy atom. The number of sulfonamides is 1. The number of fused-ring (bicyclic) bond motifs is 1. The van der Waals surface area contributed by atoms with E-state index in [2.05, 4.69) is 25.1 Å². The van der Waals surface area contributed by atoms with Crippen molar-refractivity contribution in [3.63, 3.8) is 0 Å². The van der Waals surface area contributed by atoms with Gasteiger partial charge in [-0.2, -0.15) is 0 Å². The molecule has 1 saturated heterocycles. The quantitative estimate of drug-likeness (QED) is 0.685. The zero-order chi connectivity index (χ0) is 24.2. The molecule has 0 unspecified atom stereocenters. The van der Waals surface area contributed by atoms with Gasteiger partial charge < -0.3 is 14.6 Å². The lowest BCUT2D eigenvalue weighted by Crippen LogP contribution is -2.51. The van der Waals surface area contributed by atoms with E-state index < -0.39 is 26.5 Å². The first-order valence-corrected chi connectivity index (χ1v) is 12.6. The molecule has 8 heteroatoms.